The summed E-state index contributed by atoms with van der Waals surface area (Å²) >= 11 is 0. The van der Waals surface area contributed by atoms with Crippen molar-refractivity contribution in [1.29, 1.82) is 0 Å². The fraction of sp³-hybridized carbons (Fsp3) is 0.333. The summed E-state index contributed by atoms with van der Waals surface area (Å²) in [6.45, 7) is 11.5. The first kappa shape index (κ1) is 10.7. The normalized spacial score (nSPS) is 26.4. The van der Waals surface area contributed by atoms with Gasteiger partial charge < -0.3 is 10.2 Å². The molecule has 2 amide bonds. The SMILES string of the molecule is C=C1CCC(N2CC(=C)C(=C)C2=O)C(=O)N1. The van der Waals surface area contributed by atoms with Gasteiger partial charge in [0.25, 0.3) is 5.91 Å². The zero-order chi connectivity index (χ0) is 11.9. The molecule has 0 aromatic rings. The van der Waals surface area contributed by atoms with Crippen LogP contribution >= 0.6 is 0 Å². The number of carbonyl (C=O) groups is 2. The van der Waals surface area contributed by atoms with Crippen molar-refractivity contribution in [3.63, 3.8) is 0 Å². The summed E-state index contributed by atoms with van der Waals surface area (Å²) in [6, 6.07) is -0.408. The number of piperidine rings is 1. The molecule has 2 aliphatic rings. The molecule has 0 bridgehead atoms. The molecule has 2 rings (SSSR count). The molecule has 0 aliphatic carbocycles. The van der Waals surface area contributed by atoms with Crippen molar-refractivity contribution in [2.24, 2.45) is 0 Å². The smallest absolute Gasteiger partial charge is 0.254 e. The molecule has 1 atom stereocenters. The number of likely N-dealkylation sites (tertiary alicyclic amines) is 1. The van der Waals surface area contributed by atoms with Crippen molar-refractivity contribution in [2.45, 2.75) is 18.9 Å². The van der Waals surface area contributed by atoms with E-state index >= 15 is 0 Å². The van der Waals surface area contributed by atoms with Gasteiger partial charge >= 0.3 is 0 Å². The second-order valence-electron chi connectivity index (χ2n) is 4.16. The van der Waals surface area contributed by atoms with Crippen molar-refractivity contribution in [3.05, 3.63) is 36.6 Å². The maximum atomic E-state index is 11.8. The fourth-order valence-electron chi connectivity index (χ4n) is 2.01. The van der Waals surface area contributed by atoms with Crippen LogP contribution in [0.4, 0.5) is 0 Å². The average Bonchev–Trinajstić information content (AvgIpc) is 2.46. The molecule has 2 saturated heterocycles. The molecule has 2 heterocycles. The molecule has 0 saturated carbocycles. The third-order valence-electron chi connectivity index (χ3n) is 3.01. The molecule has 1 N–H and O–H groups in total. The molecule has 2 aliphatic heterocycles. The minimum Gasteiger partial charge on any atom is -0.329 e. The van der Waals surface area contributed by atoms with Crippen LogP contribution in [0.2, 0.25) is 0 Å². The van der Waals surface area contributed by atoms with Crippen LogP contribution in [-0.2, 0) is 9.59 Å². The first-order valence-corrected chi connectivity index (χ1v) is 5.17. The molecule has 4 nitrogen and oxygen atoms in total. The first-order chi connectivity index (χ1) is 7.50. The standard InChI is InChI=1S/C12H14N2O2/c1-7-6-14(12(16)9(7)3)10-5-4-8(2)13-11(10)15/h10H,1-6H2,(H,13,15). The number of allylic oxidation sites excluding steroid dienone is 1. The lowest BCUT2D eigenvalue weighted by Crippen LogP contribution is -2.50. The van der Waals surface area contributed by atoms with E-state index in [0.717, 1.165) is 0 Å². The molecular formula is C12H14N2O2. The van der Waals surface area contributed by atoms with E-state index in [9.17, 15) is 9.59 Å². The second-order valence-corrected chi connectivity index (χ2v) is 4.16. The van der Waals surface area contributed by atoms with Crippen LogP contribution in [-0.4, -0.2) is 29.3 Å². The predicted octanol–water partition coefficient (Wildman–Crippen LogP) is 0.733. The minimum atomic E-state index is -0.408. The fourth-order valence-corrected chi connectivity index (χ4v) is 2.01. The molecule has 0 aromatic heterocycles. The van der Waals surface area contributed by atoms with Crippen LogP contribution in [0.1, 0.15) is 12.8 Å². The van der Waals surface area contributed by atoms with Crippen LogP contribution in [0.3, 0.4) is 0 Å². The maximum Gasteiger partial charge on any atom is 0.254 e. The van der Waals surface area contributed by atoms with E-state index < -0.39 is 6.04 Å². The molecule has 84 valence electrons. The van der Waals surface area contributed by atoms with Crippen molar-refractivity contribution >= 4 is 11.8 Å². The number of amides is 2. The van der Waals surface area contributed by atoms with Crippen molar-refractivity contribution in [1.82, 2.24) is 10.2 Å². The predicted molar refractivity (Wildman–Crippen MR) is 60.3 cm³/mol. The van der Waals surface area contributed by atoms with E-state index in [4.69, 9.17) is 0 Å². The summed E-state index contributed by atoms with van der Waals surface area (Å²) in [5, 5.41) is 2.67. The second kappa shape index (κ2) is 3.63. The van der Waals surface area contributed by atoms with Gasteiger partial charge in [-0.15, -0.1) is 0 Å². The van der Waals surface area contributed by atoms with Gasteiger partial charge in [-0.05, 0) is 18.4 Å². The van der Waals surface area contributed by atoms with Gasteiger partial charge in [0.15, 0.2) is 0 Å². The molecule has 1 unspecified atom stereocenters. The van der Waals surface area contributed by atoms with Gasteiger partial charge in [-0.1, -0.05) is 19.7 Å². The number of hydrogen-bond donors (Lipinski definition) is 1. The third-order valence-corrected chi connectivity index (χ3v) is 3.01. The van der Waals surface area contributed by atoms with Gasteiger partial charge in [-0.3, -0.25) is 9.59 Å². The zero-order valence-electron chi connectivity index (χ0n) is 9.08. The van der Waals surface area contributed by atoms with Crippen LogP contribution < -0.4 is 5.32 Å². The van der Waals surface area contributed by atoms with E-state index in [1.807, 2.05) is 0 Å². The summed E-state index contributed by atoms with van der Waals surface area (Å²) < 4.78 is 0. The van der Waals surface area contributed by atoms with Gasteiger partial charge in [0, 0.05) is 17.8 Å². The number of nitrogens with zero attached hydrogens (tertiary/aromatic N) is 1. The molecule has 4 heteroatoms. The van der Waals surface area contributed by atoms with Crippen molar-refractivity contribution in [3.8, 4) is 0 Å². The molecule has 0 aromatic carbocycles. The largest absolute Gasteiger partial charge is 0.329 e. The Bertz CT molecular complexity index is 423. The van der Waals surface area contributed by atoms with E-state index in [1.165, 1.54) is 4.90 Å². The molecule has 16 heavy (non-hydrogen) atoms. The minimum absolute atomic E-state index is 0.160. The van der Waals surface area contributed by atoms with Gasteiger partial charge in [0.05, 0.1) is 0 Å². The Morgan fingerprint density at radius 1 is 1.25 bits per heavy atom. The third kappa shape index (κ3) is 1.56. The summed E-state index contributed by atoms with van der Waals surface area (Å²) in [7, 11) is 0. The Morgan fingerprint density at radius 3 is 2.44 bits per heavy atom. The highest BCUT2D eigenvalue weighted by atomic mass is 16.2. The topological polar surface area (TPSA) is 49.4 Å². The Hall–Kier alpha value is -1.84. The number of carbonyl (C=O) groups excluding carboxylic acids is 2. The molecular weight excluding hydrogens is 204 g/mol. The Labute approximate surface area is 94.3 Å². The van der Waals surface area contributed by atoms with Gasteiger partial charge in [-0.2, -0.15) is 0 Å². The summed E-state index contributed by atoms with van der Waals surface area (Å²) in [4.78, 5) is 25.1. The monoisotopic (exact) mass is 218 g/mol. The molecule has 0 spiro atoms. The Kier molecular flexibility index (Phi) is 2.42. The Balaban J connectivity index is 2.17. The zero-order valence-corrected chi connectivity index (χ0v) is 9.08. The number of rotatable bonds is 1. The quantitative estimate of drug-likeness (QED) is 0.660. The molecule has 2 fully saturated rings. The lowest BCUT2D eigenvalue weighted by Gasteiger charge is -2.30. The van der Waals surface area contributed by atoms with E-state index in [2.05, 4.69) is 25.1 Å². The first-order valence-electron chi connectivity index (χ1n) is 5.17. The van der Waals surface area contributed by atoms with E-state index in [0.29, 0.717) is 36.2 Å². The van der Waals surface area contributed by atoms with Gasteiger partial charge in [0.1, 0.15) is 6.04 Å². The molecule has 0 radical (unpaired) electrons. The van der Waals surface area contributed by atoms with Crippen LogP contribution in [0.25, 0.3) is 0 Å². The van der Waals surface area contributed by atoms with Gasteiger partial charge in [-0.25, -0.2) is 0 Å². The van der Waals surface area contributed by atoms with E-state index in [-0.39, 0.29) is 11.8 Å². The summed E-state index contributed by atoms with van der Waals surface area (Å²) in [5.74, 6) is -0.343. The van der Waals surface area contributed by atoms with E-state index in [1.54, 1.807) is 0 Å². The summed E-state index contributed by atoms with van der Waals surface area (Å²) in [5.41, 5.74) is 1.82. The van der Waals surface area contributed by atoms with Gasteiger partial charge in [0.2, 0.25) is 5.91 Å². The maximum absolute atomic E-state index is 11.8. The van der Waals surface area contributed by atoms with Crippen molar-refractivity contribution < 1.29 is 9.59 Å². The highest BCUT2D eigenvalue weighted by Gasteiger charge is 2.38. The number of nitrogens with one attached hydrogen (secondary N) is 1. The Morgan fingerprint density at radius 2 is 1.94 bits per heavy atom. The average molecular weight is 218 g/mol. The number of hydrogen-bond acceptors (Lipinski definition) is 2. The lowest BCUT2D eigenvalue weighted by atomic mass is 10.0. The highest BCUT2D eigenvalue weighted by Crippen LogP contribution is 2.26. The van der Waals surface area contributed by atoms with Crippen LogP contribution in [0.15, 0.2) is 36.6 Å². The summed E-state index contributed by atoms with van der Waals surface area (Å²) in [6.07, 6.45) is 1.33. The van der Waals surface area contributed by atoms with Crippen LogP contribution in [0, 0.1) is 0 Å². The highest BCUT2D eigenvalue weighted by molar-refractivity contribution is 6.03. The van der Waals surface area contributed by atoms with Crippen LogP contribution in [0.5, 0.6) is 0 Å². The lowest BCUT2D eigenvalue weighted by molar-refractivity contribution is -0.136. The van der Waals surface area contributed by atoms with Crippen molar-refractivity contribution in [2.75, 3.05) is 6.54 Å².